The van der Waals surface area contributed by atoms with Gasteiger partial charge in [-0.1, -0.05) is 224 Å². The van der Waals surface area contributed by atoms with Crippen molar-refractivity contribution in [2.75, 3.05) is 14.7 Å². The lowest BCUT2D eigenvalue weighted by Gasteiger charge is -2.44. The molecule has 4 nitrogen and oxygen atoms in total. The molecule has 0 fully saturated rings. The Hall–Kier alpha value is -7.15. The third-order valence-corrected chi connectivity index (χ3v) is 17.0. The molecule has 0 bridgehead atoms. The van der Waals surface area contributed by atoms with Gasteiger partial charge in [0, 0.05) is 51.1 Å². The summed E-state index contributed by atoms with van der Waals surface area (Å²) in [4.78, 5) is 13.5. The van der Waals surface area contributed by atoms with Crippen molar-refractivity contribution in [3.05, 3.63) is 210 Å². The van der Waals surface area contributed by atoms with E-state index in [-0.39, 0.29) is 33.8 Å². The van der Waals surface area contributed by atoms with Crippen molar-refractivity contribution in [2.45, 2.75) is 131 Å². The average Bonchev–Trinajstić information content (AvgIpc) is 3.97. The van der Waals surface area contributed by atoms with Gasteiger partial charge in [-0.2, -0.15) is 0 Å². The molecule has 6 heteroatoms. The number of fused-ring (bicyclic) bond motifs is 4. The number of hydrogen-bond donors (Lipinski definition) is 0. The predicted octanol–water partition coefficient (Wildman–Crippen LogP) is 18.5. The lowest BCUT2D eigenvalue weighted by atomic mass is 9.35. The highest BCUT2D eigenvalue weighted by Crippen LogP contribution is 2.51. The predicted molar refractivity (Wildman–Crippen MR) is 335 cm³/mol. The summed E-state index contributed by atoms with van der Waals surface area (Å²) in [7, 11) is 0. The highest BCUT2D eigenvalue weighted by molar-refractivity contribution is 7.22. The zero-order chi connectivity index (χ0) is 54.6. The second-order valence-electron chi connectivity index (χ2n) is 26.7. The molecule has 0 amide bonds. The Bertz CT molecular complexity index is 3560. The van der Waals surface area contributed by atoms with Crippen LogP contribution < -0.4 is 31.2 Å². The Morgan fingerprint density at radius 3 is 1.31 bits per heavy atom. The van der Waals surface area contributed by atoms with Gasteiger partial charge in [-0.05, 0) is 150 Å². The van der Waals surface area contributed by atoms with Crippen LogP contribution in [0.4, 0.5) is 50.5 Å². The summed E-state index contributed by atoms with van der Waals surface area (Å²) in [5.41, 5.74) is 22.6. The maximum atomic E-state index is 5.91. The molecule has 8 aromatic carbocycles. The normalized spacial score (nSPS) is 13.6. The lowest BCUT2D eigenvalue weighted by Crippen LogP contribution is -2.61. The molecule has 9 aromatic rings. The maximum Gasteiger partial charge on any atom is 0.276 e. The summed E-state index contributed by atoms with van der Waals surface area (Å²) >= 11 is 1.82. The van der Waals surface area contributed by atoms with E-state index in [1.165, 1.54) is 66.9 Å². The summed E-state index contributed by atoms with van der Waals surface area (Å²) in [5, 5.41) is 2.18. The topological polar surface area (TPSA) is 22.6 Å². The summed E-state index contributed by atoms with van der Waals surface area (Å²) < 4.78 is 0. The fraction of sp³-hybridized carbons (Fsp3) is 0.282. The fourth-order valence-corrected chi connectivity index (χ4v) is 12.3. The number of aromatic nitrogens is 1. The molecule has 0 N–H and O–H groups in total. The Balaban J connectivity index is 1.20. The van der Waals surface area contributed by atoms with Gasteiger partial charge < -0.3 is 14.7 Å². The average molecular weight is 1030 g/mol. The van der Waals surface area contributed by atoms with Crippen molar-refractivity contribution in [1.82, 2.24) is 4.98 Å². The number of anilines is 9. The second kappa shape index (κ2) is 18.8. The quantitative estimate of drug-likeness (QED) is 0.148. The summed E-state index contributed by atoms with van der Waals surface area (Å²) in [6.45, 7) is 34.7. The van der Waals surface area contributed by atoms with Crippen LogP contribution in [0.25, 0.3) is 21.7 Å². The maximum absolute atomic E-state index is 5.91. The summed E-state index contributed by atoms with van der Waals surface area (Å²) in [6, 6.07) is 68.7. The molecule has 0 atom stereocenters. The van der Waals surface area contributed by atoms with Gasteiger partial charge >= 0.3 is 0 Å². The minimum absolute atomic E-state index is 0.00145. The number of para-hydroxylation sites is 2. The number of rotatable bonds is 7. The smallest absolute Gasteiger partial charge is 0.276 e. The van der Waals surface area contributed by atoms with Gasteiger partial charge in [-0.15, -0.1) is 0 Å². The molecular formula is C71H75BN4S. The minimum Gasteiger partial charge on any atom is -0.311 e. The van der Waals surface area contributed by atoms with E-state index in [4.69, 9.17) is 4.98 Å². The SMILES string of the molecule is CC(C)(C)c1ccc(-c2ccc(-c3nc4c(s3)N(c3cc(C(C)(C)C)cc(C(C)(C)C)c3)c3cc(C(C)(C)C)cc5c3B4c3ccc(N(c4ccccc4)c4ccccc4)cc3N5c3ccc(C(C)(C)C)cc3)cc2)cc1. The van der Waals surface area contributed by atoms with Gasteiger partial charge in [-0.25, -0.2) is 4.98 Å². The van der Waals surface area contributed by atoms with Gasteiger partial charge in [0.25, 0.3) is 6.71 Å². The van der Waals surface area contributed by atoms with Crippen LogP contribution in [-0.4, -0.2) is 11.7 Å². The zero-order valence-electron chi connectivity index (χ0n) is 48.1. The molecule has 0 saturated heterocycles. The first-order chi connectivity index (χ1) is 36.3. The van der Waals surface area contributed by atoms with Crippen molar-refractivity contribution in [3.63, 3.8) is 0 Å². The molecule has 0 aliphatic carbocycles. The largest absolute Gasteiger partial charge is 0.311 e. The molecule has 2 aliphatic heterocycles. The van der Waals surface area contributed by atoms with Crippen LogP contribution in [0.3, 0.4) is 0 Å². The molecule has 0 radical (unpaired) electrons. The first kappa shape index (κ1) is 51.9. The van der Waals surface area contributed by atoms with Crippen molar-refractivity contribution in [1.29, 1.82) is 0 Å². The molecule has 3 heterocycles. The van der Waals surface area contributed by atoms with Crippen molar-refractivity contribution < 1.29 is 0 Å². The van der Waals surface area contributed by atoms with E-state index >= 15 is 0 Å². The second-order valence-corrected chi connectivity index (χ2v) is 27.7. The fourth-order valence-electron chi connectivity index (χ4n) is 11.1. The highest BCUT2D eigenvalue weighted by Gasteiger charge is 2.47. The van der Waals surface area contributed by atoms with E-state index in [0.29, 0.717) is 0 Å². The van der Waals surface area contributed by atoms with Gasteiger partial charge in [0.2, 0.25) is 0 Å². The minimum atomic E-state index is -0.175. The lowest BCUT2D eigenvalue weighted by molar-refractivity contribution is 0.569. The number of nitrogens with zero attached hydrogens (tertiary/aromatic N) is 4. The van der Waals surface area contributed by atoms with Gasteiger partial charge in [-0.3, -0.25) is 0 Å². The van der Waals surface area contributed by atoms with E-state index in [0.717, 1.165) is 49.6 Å². The first-order valence-corrected chi connectivity index (χ1v) is 28.5. The number of thiazole rings is 1. The van der Waals surface area contributed by atoms with Gasteiger partial charge in [0.1, 0.15) is 10.0 Å². The molecule has 2 aliphatic rings. The Morgan fingerprint density at radius 1 is 0.377 bits per heavy atom. The van der Waals surface area contributed by atoms with E-state index in [1.54, 1.807) is 0 Å². The van der Waals surface area contributed by atoms with Gasteiger partial charge in [0.05, 0.1) is 5.59 Å². The van der Waals surface area contributed by atoms with Crippen LogP contribution in [0.15, 0.2) is 182 Å². The third-order valence-electron chi connectivity index (χ3n) is 15.9. The Morgan fingerprint density at radius 2 is 0.818 bits per heavy atom. The highest BCUT2D eigenvalue weighted by atomic mass is 32.1. The molecule has 77 heavy (non-hydrogen) atoms. The van der Waals surface area contributed by atoms with Crippen LogP contribution in [0, 0.1) is 0 Å². The Labute approximate surface area is 464 Å². The van der Waals surface area contributed by atoms with E-state index in [2.05, 4.69) is 301 Å². The van der Waals surface area contributed by atoms with Crippen LogP contribution >= 0.6 is 11.3 Å². The molecule has 0 spiro atoms. The molecule has 11 rings (SSSR count). The van der Waals surface area contributed by atoms with Crippen molar-refractivity contribution in [2.24, 2.45) is 0 Å². The van der Waals surface area contributed by atoms with Gasteiger partial charge in [0.15, 0.2) is 0 Å². The Kier molecular flexibility index (Phi) is 12.7. The van der Waals surface area contributed by atoms with Crippen LogP contribution in [0.1, 0.15) is 132 Å². The third kappa shape index (κ3) is 9.73. The van der Waals surface area contributed by atoms with E-state index in [9.17, 15) is 0 Å². The molecule has 0 saturated carbocycles. The summed E-state index contributed by atoms with van der Waals surface area (Å²) in [5.74, 6) is 0. The number of benzene rings is 8. The van der Waals surface area contributed by atoms with E-state index < -0.39 is 0 Å². The van der Waals surface area contributed by atoms with Crippen LogP contribution in [-0.2, 0) is 27.1 Å². The monoisotopic (exact) mass is 1030 g/mol. The van der Waals surface area contributed by atoms with Crippen molar-refractivity contribution >= 4 is 85.1 Å². The zero-order valence-corrected chi connectivity index (χ0v) is 48.9. The molecular weight excluding hydrogens is 952 g/mol. The summed E-state index contributed by atoms with van der Waals surface area (Å²) in [6.07, 6.45) is 0. The standard InChI is InChI=1S/C71H75BN4S/c1-67(2,3)49-32-30-47(31-33-49)46-26-28-48(29-27-46)65-73-64-66(77-65)76(58-41-51(69(7,8)9)40-52(42-58)70(10,11)12)62-44-53(71(13,14)15)43-61-63(62)72(64)59-39-38-57(74(54-22-18-16-19-23-54)55-24-20-17-21-25-55)45-60(59)75(61)56-36-34-50(35-37-56)68(4,5)6/h16-45H,1-15H3. The van der Waals surface area contributed by atoms with Crippen LogP contribution in [0.2, 0.25) is 0 Å². The van der Waals surface area contributed by atoms with Crippen molar-refractivity contribution in [3.8, 4) is 21.7 Å². The molecule has 0 unspecified atom stereocenters. The van der Waals surface area contributed by atoms with E-state index in [1.807, 2.05) is 11.3 Å². The van der Waals surface area contributed by atoms with Crippen LogP contribution in [0.5, 0.6) is 0 Å². The molecule has 388 valence electrons. The number of hydrogen-bond acceptors (Lipinski definition) is 5. The molecule has 1 aromatic heterocycles. The first-order valence-electron chi connectivity index (χ1n) is 27.6.